The second kappa shape index (κ2) is 12.6. The highest BCUT2D eigenvalue weighted by atomic mass is 17.1. The molecule has 4 rings (SSSR count). The van der Waals surface area contributed by atoms with Crippen molar-refractivity contribution in [3.05, 3.63) is 53.7 Å². The lowest BCUT2D eigenvalue weighted by atomic mass is 9.87. The van der Waals surface area contributed by atoms with E-state index in [1.165, 1.54) is 12.7 Å². The van der Waals surface area contributed by atoms with Gasteiger partial charge in [-0.2, -0.15) is 0 Å². The van der Waals surface area contributed by atoms with E-state index in [4.69, 9.17) is 19.9 Å². The highest BCUT2D eigenvalue weighted by Crippen LogP contribution is 2.22. The molecule has 1 fully saturated rings. The van der Waals surface area contributed by atoms with E-state index in [0.29, 0.717) is 30.2 Å². The number of hydrogen-bond acceptors (Lipinski definition) is 8. The summed E-state index contributed by atoms with van der Waals surface area (Å²) in [6.07, 6.45) is 1.74. The quantitative estimate of drug-likeness (QED) is 0.298. The molecule has 0 radical (unpaired) electrons. The number of amides is 1. The summed E-state index contributed by atoms with van der Waals surface area (Å²) in [4.78, 5) is 30.8. The molecule has 1 aliphatic rings. The van der Waals surface area contributed by atoms with Gasteiger partial charge in [-0.05, 0) is 35.2 Å². The molecule has 2 aromatic heterocycles. The van der Waals surface area contributed by atoms with Crippen LogP contribution in [0.1, 0.15) is 36.7 Å². The Hall–Kier alpha value is -3.54. The molecular weight excluding hydrogens is 442 g/mol. The number of nitrogens with one attached hydrogen (secondary N) is 1. The molecule has 11 nitrogen and oxygen atoms in total. The minimum atomic E-state index is -0.250. The fourth-order valence-corrected chi connectivity index (χ4v) is 3.20. The van der Waals surface area contributed by atoms with Crippen LogP contribution < -0.4 is 10.2 Å². The summed E-state index contributed by atoms with van der Waals surface area (Å²) < 4.78 is 7.09. The van der Waals surface area contributed by atoms with Crippen molar-refractivity contribution in [1.82, 2.24) is 14.6 Å². The molecule has 1 aromatic carbocycles. The van der Waals surface area contributed by atoms with Crippen LogP contribution in [0.15, 0.2) is 42.6 Å². The smallest absolute Gasteiger partial charge is 0.290 e. The lowest BCUT2D eigenvalue weighted by Gasteiger charge is -2.27. The maximum absolute atomic E-state index is 12.6. The van der Waals surface area contributed by atoms with Gasteiger partial charge in [0.15, 0.2) is 11.5 Å². The standard InChI is InChI=1S/C21H25N5O2.CH4O2.CH2O2/c1-21(2,3)16-6-4-15(5-7-16)20(27)23-17-14-26-18(22-17)8-9-19(24-26)25-10-12-28-13-11-25;1-3-2;2-1-3/h4-9,14H,10-13H2,1-3H3,(H,23,27);2H,1H3;1H,(H,2,3). The van der Waals surface area contributed by atoms with Crippen LogP contribution in [0.4, 0.5) is 11.6 Å². The summed E-state index contributed by atoms with van der Waals surface area (Å²) in [5, 5.41) is 21.4. The third kappa shape index (κ3) is 7.51. The van der Waals surface area contributed by atoms with Crippen LogP contribution in [-0.4, -0.2) is 70.8 Å². The van der Waals surface area contributed by atoms with Crippen molar-refractivity contribution in [2.45, 2.75) is 26.2 Å². The zero-order chi connectivity index (χ0) is 25.1. The zero-order valence-electron chi connectivity index (χ0n) is 19.8. The fraction of sp³-hybridized carbons (Fsp3) is 0.391. The van der Waals surface area contributed by atoms with Crippen molar-refractivity contribution in [3.63, 3.8) is 0 Å². The number of carbonyl (C=O) groups is 2. The number of anilines is 2. The molecule has 1 aliphatic heterocycles. The molecule has 0 aliphatic carbocycles. The average molecular weight is 474 g/mol. The number of ether oxygens (including phenoxy) is 1. The van der Waals surface area contributed by atoms with Gasteiger partial charge in [0.2, 0.25) is 0 Å². The van der Waals surface area contributed by atoms with E-state index >= 15 is 0 Å². The van der Waals surface area contributed by atoms with Gasteiger partial charge in [0.25, 0.3) is 12.4 Å². The summed E-state index contributed by atoms with van der Waals surface area (Å²) in [6, 6.07) is 11.5. The van der Waals surface area contributed by atoms with Crippen LogP contribution in [0, 0.1) is 0 Å². The van der Waals surface area contributed by atoms with Crippen LogP contribution in [0.5, 0.6) is 0 Å². The molecule has 0 spiro atoms. The van der Waals surface area contributed by atoms with Gasteiger partial charge in [-0.1, -0.05) is 32.9 Å². The molecule has 184 valence electrons. The summed E-state index contributed by atoms with van der Waals surface area (Å²) in [5.74, 6) is 1.18. The number of aromatic nitrogens is 3. The first-order valence-corrected chi connectivity index (χ1v) is 10.6. The predicted octanol–water partition coefficient (Wildman–Crippen LogP) is 2.92. The average Bonchev–Trinajstić information content (AvgIpc) is 3.21. The molecule has 3 aromatic rings. The SMILES string of the molecule is CC(C)(C)c1ccc(C(=O)Nc2cn3nc(N4CCOCC4)ccc3n2)cc1.COO.O=CO. The summed E-state index contributed by atoms with van der Waals surface area (Å²) in [6.45, 7) is 9.26. The number of morpholine rings is 1. The fourth-order valence-electron chi connectivity index (χ4n) is 3.20. The maximum Gasteiger partial charge on any atom is 0.290 e. The van der Waals surface area contributed by atoms with E-state index in [1.807, 2.05) is 36.4 Å². The Balaban J connectivity index is 0.000000618. The molecule has 0 atom stereocenters. The molecule has 0 bridgehead atoms. The van der Waals surface area contributed by atoms with Crippen molar-refractivity contribution in [2.24, 2.45) is 0 Å². The topological polar surface area (TPSA) is 139 Å². The lowest BCUT2D eigenvalue weighted by molar-refractivity contribution is -0.214. The van der Waals surface area contributed by atoms with Crippen LogP contribution in [0.3, 0.4) is 0 Å². The first-order valence-electron chi connectivity index (χ1n) is 10.6. The van der Waals surface area contributed by atoms with Gasteiger partial charge in [-0.15, -0.1) is 5.10 Å². The first-order chi connectivity index (χ1) is 16.2. The lowest BCUT2D eigenvalue weighted by Crippen LogP contribution is -2.36. The van der Waals surface area contributed by atoms with Gasteiger partial charge in [0, 0.05) is 18.7 Å². The van der Waals surface area contributed by atoms with Crippen molar-refractivity contribution in [2.75, 3.05) is 43.6 Å². The van der Waals surface area contributed by atoms with Gasteiger partial charge in [0.05, 0.1) is 26.5 Å². The zero-order valence-corrected chi connectivity index (χ0v) is 19.8. The van der Waals surface area contributed by atoms with Crippen molar-refractivity contribution in [3.8, 4) is 0 Å². The Kier molecular flexibility index (Phi) is 9.92. The highest BCUT2D eigenvalue weighted by molar-refractivity contribution is 6.03. The van der Waals surface area contributed by atoms with Crippen LogP contribution in [0.2, 0.25) is 0 Å². The van der Waals surface area contributed by atoms with Gasteiger partial charge >= 0.3 is 0 Å². The third-order valence-corrected chi connectivity index (χ3v) is 4.90. The second-order valence-electron chi connectivity index (χ2n) is 8.29. The third-order valence-electron chi connectivity index (χ3n) is 4.90. The van der Waals surface area contributed by atoms with Crippen molar-refractivity contribution in [1.29, 1.82) is 0 Å². The van der Waals surface area contributed by atoms with Gasteiger partial charge in [-0.3, -0.25) is 14.8 Å². The van der Waals surface area contributed by atoms with Crippen molar-refractivity contribution >= 4 is 29.7 Å². The molecule has 1 amide bonds. The van der Waals surface area contributed by atoms with E-state index in [-0.39, 0.29) is 17.8 Å². The van der Waals surface area contributed by atoms with E-state index in [9.17, 15) is 4.79 Å². The Morgan fingerprint density at radius 2 is 1.74 bits per heavy atom. The van der Waals surface area contributed by atoms with Gasteiger partial charge in [-0.25, -0.2) is 14.4 Å². The van der Waals surface area contributed by atoms with E-state index in [1.54, 1.807) is 10.7 Å². The number of fused-ring (bicyclic) bond motifs is 1. The molecule has 0 unspecified atom stereocenters. The van der Waals surface area contributed by atoms with E-state index < -0.39 is 0 Å². The predicted molar refractivity (Wildman–Crippen MR) is 127 cm³/mol. The highest BCUT2D eigenvalue weighted by Gasteiger charge is 2.16. The molecule has 34 heavy (non-hydrogen) atoms. The largest absolute Gasteiger partial charge is 0.483 e. The van der Waals surface area contributed by atoms with E-state index in [2.05, 4.69) is 46.0 Å². The van der Waals surface area contributed by atoms with Gasteiger partial charge < -0.3 is 20.1 Å². The van der Waals surface area contributed by atoms with Crippen LogP contribution in [0.25, 0.3) is 5.65 Å². The molecule has 1 saturated heterocycles. The molecular formula is C23H31N5O6. The Labute approximate surface area is 197 Å². The van der Waals surface area contributed by atoms with Crippen LogP contribution >= 0.6 is 0 Å². The number of carboxylic acid groups (broad SMARTS) is 1. The normalized spacial score (nSPS) is 13.3. The number of nitrogens with zero attached hydrogens (tertiary/aromatic N) is 4. The minimum absolute atomic E-state index is 0.0560. The molecule has 3 heterocycles. The molecule has 3 N–H and O–H groups in total. The summed E-state index contributed by atoms with van der Waals surface area (Å²) in [7, 11) is 1.18. The number of hydrogen-bond donors (Lipinski definition) is 3. The summed E-state index contributed by atoms with van der Waals surface area (Å²) in [5.41, 5.74) is 2.54. The van der Waals surface area contributed by atoms with Gasteiger partial charge in [0.1, 0.15) is 5.82 Å². The van der Waals surface area contributed by atoms with E-state index in [0.717, 1.165) is 18.9 Å². The number of rotatable bonds is 3. The second-order valence-corrected chi connectivity index (χ2v) is 8.29. The first kappa shape index (κ1) is 26.7. The molecule has 11 heteroatoms. The Morgan fingerprint density at radius 1 is 1.15 bits per heavy atom. The number of imidazole rings is 1. The summed E-state index contributed by atoms with van der Waals surface area (Å²) >= 11 is 0. The minimum Gasteiger partial charge on any atom is -0.483 e. The van der Waals surface area contributed by atoms with Crippen LogP contribution in [-0.2, 0) is 19.8 Å². The Bertz CT molecular complexity index is 1060. The maximum atomic E-state index is 12.6. The number of benzene rings is 1. The number of carbonyl (C=O) groups excluding carboxylic acids is 1. The van der Waals surface area contributed by atoms with Crippen molar-refractivity contribution < 1.29 is 29.6 Å². The monoisotopic (exact) mass is 473 g/mol. The molecule has 0 saturated carbocycles. The Morgan fingerprint density at radius 3 is 2.29 bits per heavy atom.